The minimum absolute atomic E-state index is 0.174. The summed E-state index contributed by atoms with van der Waals surface area (Å²) in [6, 6.07) is 7.70. The number of hydrogen-bond donors (Lipinski definition) is 4. The van der Waals surface area contributed by atoms with Crippen molar-refractivity contribution in [2.75, 3.05) is 39.3 Å². The van der Waals surface area contributed by atoms with Gasteiger partial charge in [0, 0.05) is 51.5 Å². The summed E-state index contributed by atoms with van der Waals surface area (Å²) in [6.07, 6.45) is 0.687. The minimum Gasteiger partial charge on any atom is -0.425 e. The predicted octanol–water partition coefficient (Wildman–Crippen LogP) is 0.152. The van der Waals surface area contributed by atoms with Gasteiger partial charge in [-0.25, -0.2) is 0 Å². The van der Waals surface area contributed by atoms with Gasteiger partial charge < -0.3 is 25.8 Å². The summed E-state index contributed by atoms with van der Waals surface area (Å²) in [6.45, 7) is 8.32. The van der Waals surface area contributed by atoms with E-state index in [1.807, 2.05) is 25.7 Å². The lowest BCUT2D eigenvalue weighted by Gasteiger charge is -2.29. The first-order valence-corrected chi connectivity index (χ1v) is 11.3. The van der Waals surface area contributed by atoms with E-state index < -0.39 is 22.9 Å². The van der Waals surface area contributed by atoms with Crippen LogP contribution in [0.4, 0.5) is 0 Å². The lowest BCUT2D eigenvalue weighted by molar-refractivity contribution is -0.0220. The third-order valence-corrected chi connectivity index (χ3v) is 5.32. The number of hydrogen-bond acceptors (Lipinski definition) is 8. The van der Waals surface area contributed by atoms with Crippen LogP contribution in [0, 0.1) is 0 Å². The highest BCUT2D eigenvalue weighted by molar-refractivity contribution is 5.92. The standard InChI is InChI=1S/C23H33N5O7/c1-4-35-23(2,3)11-14-26(15-12-24-21(31)17-7-5-9-19(29)27(17)33)16-13-25-22(32)18-8-6-10-20(30)28(18)34/h5-10,33-34H,4,11-16H2,1-3H3,(H,24,31)(H,25,32). The van der Waals surface area contributed by atoms with Crippen LogP contribution in [0.5, 0.6) is 0 Å². The average Bonchev–Trinajstić information content (AvgIpc) is 2.80. The second-order valence-electron chi connectivity index (χ2n) is 8.42. The molecule has 0 fully saturated rings. The second kappa shape index (κ2) is 12.7. The highest BCUT2D eigenvalue weighted by atomic mass is 16.5. The molecular weight excluding hydrogens is 458 g/mol. The summed E-state index contributed by atoms with van der Waals surface area (Å²) in [5.41, 5.74) is -2.13. The van der Waals surface area contributed by atoms with Crippen molar-refractivity contribution in [2.45, 2.75) is 32.8 Å². The van der Waals surface area contributed by atoms with E-state index in [0.29, 0.717) is 32.7 Å². The van der Waals surface area contributed by atoms with Crippen LogP contribution in [0.3, 0.4) is 0 Å². The van der Waals surface area contributed by atoms with E-state index in [-0.39, 0.29) is 39.5 Å². The molecule has 0 aromatic carbocycles. The molecule has 2 amide bonds. The summed E-state index contributed by atoms with van der Waals surface area (Å²) in [5, 5.41) is 24.8. The summed E-state index contributed by atoms with van der Waals surface area (Å²) < 4.78 is 6.32. The van der Waals surface area contributed by atoms with E-state index >= 15 is 0 Å². The molecule has 2 aromatic heterocycles. The molecule has 35 heavy (non-hydrogen) atoms. The predicted molar refractivity (Wildman–Crippen MR) is 127 cm³/mol. The summed E-state index contributed by atoms with van der Waals surface area (Å²) >= 11 is 0. The third-order valence-electron chi connectivity index (χ3n) is 5.32. The average molecular weight is 492 g/mol. The van der Waals surface area contributed by atoms with Crippen LogP contribution >= 0.6 is 0 Å². The second-order valence-corrected chi connectivity index (χ2v) is 8.42. The van der Waals surface area contributed by atoms with E-state index in [2.05, 4.69) is 10.6 Å². The van der Waals surface area contributed by atoms with Crippen LogP contribution in [-0.4, -0.2) is 81.5 Å². The number of carbonyl (C=O) groups excluding carboxylic acids is 2. The van der Waals surface area contributed by atoms with E-state index in [1.54, 1.807) is 0 Å². The molecule has 4 N–H and O–H groups in total. The van der Waals surface area contributed by atoms with Crippen LogP contribution in [0.25, 0.3) is 0 Å². The Morgan fingerprint density at radius 3 is 1.77 bits per heavy atom. The fourth-order valence-electron chi connectivity index (χ4n) is 3.37. The quantitative estimate of drug-likeness (QED) is 0.289. The smallest absolute Gasteiger partial charge is 0.283 e. The van der Waals surface area contributed by atoms with Gasteiger partial charge in [0.2, 0.25) is 0 Å². The zero-order valence-corrected chi connectivity index (χ0v) is 20.2. The summed E-state index contributed by atoms with van der Waals surface area (Å²) in [5.74, 6) is -1.20. The van der Waals surface area contributed by atoms with Gasteiger partial charge in [-0.1, -0.05) is 12.1 Å². The topological polar surface area (TPSA) is 155 Å². The maximum atomic E-state index is 12.3. The largest absolute Gasteiger partial charge is 0.425 e. The molecule has 0 radical (unpaired) electrons. The fourth-order valence-corrected chi connectivity index (χ4v) is 3.37. The Morgan fingerprint density at radius 2 is 1.34 bits per heavy atom. The Morgan fingerprint density at radius 1 is 0.886 bits per heavy atom. The number of rotatable bonds is 13. The highest BCUT2D eigenvalue weighted by Crippen LogP contribution is 2.14. The maximum Gasteiger partial charge on any atom is 0.283 e. The molecule has 2 heterocycles. The summed E-state index contributed by atoms with van der Waals surface area (Å²) in [7, 11) is 0. The number of nitrogens with zero attached hydrogens (tertiary/aromatic N) is 3. The lowest BCUT2D eigenvalue weighted by atomic mass is 10.0. The first kappa shape index (κ1) is 27.6. The van der Waals surface area contributed by atoms with Gasteiger partial charge >= 0.3 is 0 Å². The molecule has 12 heteroatoms. The van der Waals surface area contributed by atoms with Gasteiger partial charge in [-0.2, -0.15) is 0 Å². The molecule has 0 aliphatic rings. The number of nitrogens with one attached hydrogen (secondary N) is 2. The summed E-state index contributed by atoms with van der Waals surface area (Å²) in [4.78, 5) is 49.7. The molecule has 2 aromatic rings. The lowest BCUT2D eigenvalue weighted by Crippen LogP contribution is -2.42. The Labute approximate surface area is 202 Å². The number of pyridine rings is 2. The molecule has 0 unspecified atom stereocenters. The zero-order chi connectivity index (χ0) is 26.0. The zero-order valence-electron chi connectivity index (χ0n) is 20.2. The molecular formula is C23H33N5O7. The van der Waals surface area contributed by atoms with Gasteiger partial charge in [0.25, 0.3) is 22.9 Å². The molecule has 0 spiro atoms. The molecule has 12 nitrogen and oxygen atoms in total. The third kappa shape index (κ3) is 8.26. The van der Waals surface area contributed by atoms with E-state index in [1.165, 1.54) is 24.3 Å². The molecule has 0 saturated carbocycles. The van der Waals surface area contributed by atoms with E-state index in [4.69, 9.17) is 4.74 Å². The van der Waals surface area contributed by atoms with Crippen molar-refractivity contribution in [1.29, 1.82) is 0 Å². The first-order chi connectivity index (χ1) is 16.6. The van der Waals surface area contributed by atoms with Gasteiger partial charge in [0.05, 0.1) is 5.60 Å². The minimum atomic E-state index is -0.708. The van der Waals surface area contributed by atoms with Crippen LogP contribution in [0.2, 0.25) is 0 Å². The number of aromatic nitrogens is 2. The molecule has 0 aliphatic heterocycles. The SMILES string of the molecule is CCOC(C)(C)CCN(CCNC(=O)c1cccc(=O)n1O)CCNC(=O)c1cccc(=O)n1O. The Kier molecular flexibility index (Phi) is 10.0. The van der Waals surface area contributed by atoms with Gasteiger partial charge in [0.1, 0.15) is 11.4 Å². The Balaban J connectivity index is 1.96. The van der Waals surface area contributed by atoms with Crippen molar-refractivity contribution in [3.05, 3.63) is 68.5 Å². The molecule has 2 rings (SSSR count). The van der Waals surface area contributed by atoms with Gasteiger partial charge in [-0.3, -0.25) is 24.1 Å². The van der Waals surface area contributed by atoms with Crippen molar-refractivity contribution < 1.29 is 24.7 Å². The van der Waals surface area contributed by atoms with Crippen LogP contribution < -0.4 is 21.8 Å². The van der Waals surface area contributed by atoms with Crippen LogP contribution in [0.1, 0.15) is 48.2 Å². The van der Waals surface area contributed by atoms with Crippen molar-refractivity contribution in [3.63, 3.8) is 0 Å². The molecule has 0 atom stereocenters. The molecule has 0 saturated heterocycles. The van der Waals surface area contributed by atoms with Crippen molar-refractivity contribution >= 4 is 11.8 Å². The Bertz CT molecular complexity index is 1050. The van der Waals surface area contributed by atoms with Crippen molar-refractivity contribution in [2.24, 2.45) is 0 Å². The van der Waals surface area contributed by atoms with Crippen molar-refractivity contribution in [1.82, 2.24) is 25.0 Å². The van der Waals surface area contributed by atoms with Crippen LogP contribution in [-0.2, 0) is 4.74 Å². The normalized spacial score (nSPS) is 11.4. The first-order valence-electron chi connectivity index (χ1n) is 11.3. The van der Waals surface area contributed by atoms with Crippen LogP contribution in [0.15, 0.2) is 46.0 Å². The number of carbonyl (C=O) groups is 2. The van der Waals surface area contributed by atoms with Crippen molar-refractivity contribution in [3.8, 4) is 0 Å². The van der Waals surface area contributed by atoms with Gasteiger partial charge in [0.15, 0.2) is 0 Å². The van der Waals surface area contributed by atoms with E-state index in [0.717, 1.165) is 12.1 Å². The number of ether oxygens (including phenoxy) is 1. The maximum absolute atomic E-state index is 12.3. The van der Waals surface area contributed by atoms with E-state index in [9.17, 15) is 29.6 Å². The molecule has 0 bridgehead atoms. The van der Waals surface area contributed by atoms with Gasteiger partial charge in [-0.05, 0) is 39.3 Å². The fraction of sp³-hybridized carbons (Fsp3) is 0.478. The number of amides is 2. The molecule has 0 aliphatic carbocycles. The highest BCUT2D eigenvalue weighted by Gasteiger charge is 2.20. The monoisotopic (exact) mass is 491 g/mol. The molecule has 192 valence electrons. The Hall–Kier alpha value is -3.64. The van der Waals surface area contributed by atoms with Gasteiger partial charge in [-0.15, -0.1) is 9.46 Å².